The molecule has 4 N–H and O–H groups in total. The minimum absolute atomic E-state index is 0.117. The van der Waals surface area contributed by atoms with E-state index >= 15 is 0 Å². The number of hydrogen-bond donors (Lipinski definition) is 3. The first-order chi connectivity index (χ1) is 15.9. The van der Waals surface area contributed by atoms with Gasteiger partial charge in [-0.25, -0.2) is 13.8 Å². The van der Waals surface area contributed by atoms with Crippen molar-refractivity contribution in [1.82, 2.24) is 25.1 Å². The van der Waals surface area contributed by atoms with Gasteiger partial charge in [-0.05, 0) is 41.5 Å². The third kappa shape index (κ3) is 4.51. The van der Waals surface area contributed by atoms with Gasteiger partial charge in [-0.1, -0.05) is 6.07 Å². The van der Waals surface area contributed by atoms with Crippen molar-refractivity contribution in [1.29, 1.82) is 0 Å². The van der Waals surface area contributed by atoms with Crippen LogP contribution in [0.15, 0.2) is 55.0 Å². The van der Waals surface area contributed by atoms with Crippen molar-refractivity contribution in [2.45, 2.75) is 18.9 Å². The van der Waals surface area contributed by atoms with Crippen LogP contribution in [0.5, 0.6) is 0 Å². The molecule has 0 saturated carbocycles. The van der Waals surface area contributed by atoms with Crippen LogP contribution in [0, 0.1) is 0 Å². The highest BCUT2D eigenvalue weighted by Crippen LogP contribution is 2.29. The van der Waals surface area contributed by atoms with Crippen molar-refractivity contribution in [2.75, 3.05) is 24.1 Å². The molecular weight excluding hydrogens is 428 g/mol. The summed E-state index contributed by atoms with van der Waals surface area (Å²) in [6.07, 6.45) is 4.76. The number of alkyl halides is 2. The minimum Gasteiger partial charge on any atom is -0.384 e. The summed E-state index contributed by atoms with van der Waals surface area (Å²) in [5.74, 6) is -2.65. The lowest BCUT2D eigenvalue weighted by Crippen LogP contribution is -2.24. The van der Waals surface area contributed by atoms with Gasteiger partial charge in [0.25, 0.3) is 11.8 Å². The summed E-state index contributed by atoms with van der Waals surface area (Å²) >= 11 is 0. The molecule has 0 aliphatic carbocycles. The lowest BCUT2D eigenvalue weighted by molar-refractivity contribution is 0.0115. The Morgan fingerprint density at radius 1 is 1.15 bits per heavy atom. The zero-order chi connectivity index (χ0) is 23.0. The van der Waals surface area contributed by atoms with E-state index in [0.29, 0.717) is 35.5 Å². The van der Waals surface area contributed by atoms with Crippen LogP contribution in [0.3, 0.4) is 0 Å². The molecule has 1 aromatic carbocycles. The van der Waals surface area contributed by atoms with E-state index in [1.165, 1.54) is 6.20 Å². The number of pyridine rings is 2. The van der Waals surface area contributed by atoms with Gasteiger partial charge in [-0.3, -0.25) is 19.8 Å². The predicted octanol–water partition coefficient (Wildman–Crippen LogP) is 3.70. The quantitative estimate of drug-likeness (QED) is 0.428. The third-order valence-electron chi connectivity index (χ3n) is 5.61. The number of rotatable bonds is 5. The Morgan fingerprint density at radius 3 is 2.79 bits per heavy atom. The summed E-state index contributed by atoms with van der Waals surface area (Å²) in [6, 6.07) is 10.8. The fourth-order valence-corrected chi connectivity index (χ4v) is 3.97. The average molecular weight is 449 g/mol. The molecule has 33 heavy (non-hydrogen) atoms. The van der Waals surface area contributed by atoms with Crippen molar-refractivity contribution < 1.29 is 13.6 Å². The molecule has 1 saturated heterocycles. The van der Waals surface area contributed by atoms with E-state index in [-0.39, 0.29) is 24.6 Å². The molecule has 0 bridgehead atoms. The number of carbonyl (C=O) groups is 1. The number of aromatic nitrogens is 4. The zero-order valence-electron chi connectivity index (χ0n) is 17.6. The molecule has 5 rings (SSSR count). The number of nitrogens with one attached hydrogen (secondary N) is 2. The lowest BCUT2D eigenvalue weighted by Gasteiger charge is -2.15. The molecule has 4 heterocycles. The largest absolute Gasteiger partial charge is 0.384 e. The van der Waals surface area contributed by atoms with Gasteiger partial charge in [0, 0.05) is 42.9 Å². The van der Waals surface area contributed by atoms with Gasteiger partial charge in [0.15, 0.2) is 5.69 Å². The normalized spacial score (nSPS) is 15.7. The van der Waals surface area contributed by atoms with Gasteiger partial charge in [-0.15, -0.1) is 0 Å². The second kappa shape index (κ2) is 8.21. The first-order valence-corrected chi connectivity index (χ1v) is 10.4. The summed E-state index contributed by atoms with van der Waals surface area (Å²) in [4.78, 5) is 22.8. The molecular formula is C23H21F2N7O. The van der Waals surface area contributed by atoms with E-state index in [4.69, 9.17) is 5.73 Å². The number of amides is 1. The standard InChI is InChI=1S/C23H21F2N7O/c24-23(25)5-6-32(13-23)12-14-7-16(10-27-9-14)15-1-3-19-18(8-15)21(31-30-19)22(33)29-17-2-4-20(26)28-11-17/h1-4,7-11H,5-6,12-13H2,(H2,26,28)(H,29,33)(H,30,31). The summed E-state index contributed by atoms with van der Waals surface area (Å²) in [7, 11) is 0. The summed E-state index contributed by atoms with van der Waals surface area (Å²) < 4.78 is 27.0. The number of hydrogen-bond acceptors (Lipinski definition) is 6. The monoisotopic (exact) mass is 449 g/mol. The smallest absolute Gasteiger partial charge is 0.276 e. The van der Waals surface area contributed by atoms with Crippen LogP contribution in [-0.4, -0.2) is 50.0 Å². The number of nitrogen functional groups attached to an aromatic ring is 1. The van der Waals surface area contributed by atoms with E-state index in [2.05, 4.69) is 25.5 Å². The number of halogens is 2. The van der Waals surface area contributed by atoms with Gasteiger partial charge < -0.3 is 11.1 Å². The first-order valence-electron chi connectivity index (χ1n) is 10.4. The Hall–Kier alpha value is -3.92. The fraction of sp³-hybridized carbons (Fsp3) is 0.217. The molecule has 0 radical (unpaired) electrons. The van der Waals surface area contributed by atoms with Gasteiger partial charge in [0.05, 0.1) is 23.9 Å². The summed E-state index contributed by atoms with van der Waals surface area (Å²) in [6.45, 7) is 0.536. The molecule has 4 aromatic rings. The topological polar surface area (TPSA) is 113 Å². The predicted molar refractivity (Wildman–Crippen MR) is 121 cm³/mol. The Balaban J connectivity index is 1.39. The SMILES string of the molecule is Nc1ccc(NC(=O)c2n[nH]c3ccc(-c4cncc(CN5CCC(F)(F)C5)c4)cc23)cn1. The second-order valence-corrected chi connectivity index (χ2v) is 8.16. The van der Waals surface area contributed by atoms with Crippen LogP contribution < -0.4 is 11.1 Å². The third-order valence-corrected chi connectivity index (χ3v) is 5.61. The van der Waals surface area contributed by atoms with Crippen molar-refractivity contribution in [3.05, 3.63) is 66.2 Å². The van der Waals surface area contributed by atoms with Crippen molar-refractivity contribution >= 4 is 28.3 Å². The lowest BCUT2D eigenvalue weighted by atomic mass is 10.0. The van der Waals surface area contributed by atoms with Crippen LogP contribution in [-0.2, 0) is 6.54 Å². The molecule has 0 unspecified atom stereocenters. The molecule has 1 aliphatic heterocycles. The molecule has 1 fully saturated rings. The van der Waals surface area contributed by atoms with Gasteiger partial charge >= 0.3 is 0 Å². The highest BCUT2D eigenvalue weighted by molar-refractivity contribution is 6.11. The van der Waals surface area contributed by atoms with Crippen LogP contribution in [0.4, 0.5) is 20.3 Å². The van der Waals surface area contributed by atoms with Crippen LogP contribution in [0.25, 0.3) is 22.0 Å². The molecule has 10 heteroatoms. The number of nitrogens with zero attached hydrogens (tertiary/aromatic N) is 4. The van der Waals surface area contributed by atoms with Gasteiger partial charge in [0.1, 0.15) is 5.82 Å². The first kappa shape index (κ1) is 21.0. The molecule has 1 amide bonds. The maximum absolute atomic E-state index is 13.5. The van der Waals surface area contributed by atoms with Crippen LogP contribution >= 0.6 is 0 Å². The van der Waals surface area contributed by atoms with Crippen molar-refractivity contribution in [3.8, 4) is 11.1 Å². The molecule has 0 spiro atoms. The van der Waals surface area contributed by atoms with Gasteiger partial charge in [-0.2, -0.15) is 5.10 Å². The van der Waals surface area contributed by atoms with E-state index in [1.54, 1.807) is 29.4 Å². The highest BCUT2D eigenvalue weighted by atomic mass is 19.3. The molecule has 8 nitrogen and oxygen atoms in total. The molecule has 168 valence electrons. The molecule has 0 atom stereocenters. The van der Waals surface area contributed by atoms with E-state index in [1.807, 2.05) is 24.3 Å². The number of nitrogens with two attached hydrogens (primary N) is 1. The number of carbonyl (C=O) groups excluding carboxylic acids is 1. The number of H-pyrrole nitrogens is 1. The number of anilines is 2. The zero-order valence-corrected chi connectivity index (χ0v) is 17.6. The number of fused-ring (bicyclic) bond motifs is 1. The van der Waals surface area contributed by atoms with E-state index < -0.39 is 5.92 Å². The Morgan fingerprint density at radius 2 is 2.03 bits per heavy atom. The maximum atomic E-state index is 13.5. The Labute approximate surface area is 187 Å². The van der Waals surface area contributed by atoms with Crippen molar-refractivity contribution in [2.24, 2.45) is 0 Å². The average Bonchev–Trinajstić information content (AvgIpc) is 3.37. The van der Waals surface area contributed by atoms with E-state index in [9.17, 15) is 13.6 Å². The van der Waals surface area contributed by atoms with E-state index in [0.717, 1.165) is 16.7 Å². The number of benzene rings is 1. The molecule has 1 aliphatic rings. The van der Waals surface area contributed by atoms with Crippen LogP contribution in [0.1, 0.15) is 22.5 Å². The maximum Gasteiger partial charge on any atom is 0.276 e. The molecule has 3 aromatic heterocycles. The number of aromatic amines is 1. The fourth-order valence-electron chi connectivity index (χ4n) is 3.97. The van der Waals surface area contributed by atoms with Crippen LogP contribution in [0.2, 0.25) is 0 Å². The van der Waals surface area contributed by atoms with Gasteiger partial charge in [0.2, 0.25) is 0 Å². The highest BCUT2D eigenvalue weighted by Gasteiger charge is 2.37. The second-order valence-electron chi connectivity index (χ2n) is 8.16. The minimum atomic E-state index is -2.63. The summed E-state index contributed by atoms with van der Waals surface area (Å²) in [5.41, 5.74) is 9.57. The summed E-state index contributed by atoms with van der Waals surface area (Å²) in [5, 5.41) is 10.4. The Kier molecular flexibility index (Phi) is 5.21. The number of likely N-dealkylation sites (tertiary alicyclic amines) is 1. The Bertz CT molecular complexity index is 1320. The van der Waals surface area contributed by atoms with Crippen molar-refractivity contribution in [3.63, 3.8) is 0 Å².